The van der Waals surface area contributed by atoms with E-state index in [4.69, 9.17) is 0 Å². The fraction of sp³-hybridized carbons (Fsp3) is 0.667. The van der Waals surface area contributed by atoms with E-state index >= 15 is 0 Å². The molecular weight excluding hydrogens is 400 g/mol. The molecule has 0 aromatic rings. The topological polar surface area (TPSA) is 3.24 Å². The first kappa shape index (κ1) is 10.6. The van der Waals surface area contributed by atoms with Crippen LogP contribution in [0.5, 0.6) is 0 Å². The van der Waals surface area contributed by atoms with E-state index in [-0.39, 0.29) is 5.41 Å². The first-order chi connectivity index (χ1) is 5.06. The quantitative estimate of drug-likeness (QED) is 0.548. The Kier molecular flexibility index (Phi) is 2.97. The number of halogens is 1. The van der Waals surface area contributed by atoms with Crippen molar-refractivity contribution in [1.29, 1.82) is 0 Å². The van der Waals surface area contributed by atoms with Crippen LogP contribution < -0.4 is 0 Å². The Hall–Kier alpha value is -1.37. The van der Waals surface area contributed by atoms with Crippen molar-refractivity contribution in [2.45, 2.75) is 13.3 Å². The van der Waals surface area contributed by atoms with Crippen LogP contribution in [0.2, 0.25) is 0 Å². The maximum Gasteiger partial charge on any atom is 0.0839 e. The van der Waals surface area contributed by atoms with Gasteiger partial charge in [0.2, 0.25) is 0 Å². The van der Waals surface area contributed by atoms with Gasteiger partial charge in [0.05, 0.1) is 6.33 Å². The van der Waals surface area contributed by atoms with Crippen LogP contribution in [0.4, 0.5) is 4.39 Å². The molecule has 0 amide bonds. The zero-order valence-corrected chi connectivity index (χ0v) is 9.72. The molecule has 0 radical (unpaired) electrons. The number of hydrogen-bond donors (Lipinski definition) is 0. The maximum absolute atomic E-state index is 12.3. The summed E-state index contributed by atoms with van der Waals surface area (Å²) >= 11 is 0. The van der Waals surface area contributed by atoms with Crippen LogP contribution in [0.15, 0.2) is 11.9 Å². The van der Waals surface area contributed by atoms with E-state index in [1.54, 1.807) is 0 Å². The predicted molar refractivity (Wildman–Crippen MR) is 44.8 cm³/mol. The Labute approximate surface area is 67.9 Å². The number of likely N-dealkylation sites (tertiary alicyclic amines) is 1. The molecule has 0 saturated carbocycles. The Morgan fingerprint density at radius 2 is 2.25 bits per heavy atom. The van der Waals surface area contributed by atoms with Crippen molar-refractivity contribution in [3.63, 3.8) is 0 Å². The van der Waals surface area contributed by atoms with Gasteiger partial charge in [0, 0.05) is 6.54 Å². The molecule has 1 aliphatic rings. The van der Waals surface area contributed by atoms with Gasteiger partial charge in [-0.05, 0) is 20.0 Å². The average molecular weight is 415 g/mol. The molecule has 1 fully saturated rings. The van der Waals surface area contributed by atoms with Gasteiger partial charge < -0.3 is 11.8 Å². The van der Waals surface area contributed by atoms with Gasteiger partial charge in [-0.2, -0.15) is 0 Å². The van der Waals surface area contributed by atoms with Gasteiger partial charge in [0.15, 0.2) is 0 Å². The van der Waals surface area contributed by atoms with Crippen molar-refractivity contribution in [2.75, 3.05) is 20.1 Å². The normalized spacial score (nSPS) is 34.8. The van der Waals surface area contributed by atoms with E-state index in [9.17, 15) is 4.39 Å². The third-order valence-electron chi connectivity index (χ3n) is 2.29. The van der Waals surface area contributed by atoms with Crippen LogP contribution >= 0.6 is 0 Å². The minimum absolute atomic E-state index is 0. The Bertz CT molecular complexity index is 177. The number of hydrogen-bond acceptors (Lipinski definition) is 1. The molecule has 1 heterocycles. The summed E-state index contributed by atoms with van der Waals surface area (Å²) in [6.07, 6.45) is 1.53. The van der Waals surface area contributed by atoms with Crippen LogP contribution in [0, 0.1) is 12.3 Å². The van der Waals surface area contributed by atoms with E-state index < -0.39 is 0 Å². The molecule has 0 bridgehead atoms. The van der Waals surface area contributed by atoms with Gasteiger partial charge in [-0.15, -0.1) is 5.41 Å². The summed E-state index contributed by atoms with van der Waals surface area (Å²) in [5.74, 6) is 0. The van der Waals surface area contributed by atoms with Gasteiger partial charge in [-0.3, -0.25) is 0 Å². The van der Waals surface area contributed by atoms with Crippen molar-refractivity contribution in [2.24, 2.45) is 5.41 Å². The van der Waals surface area contributed by atoms with Gasteiger partial charge in [-0.25, -0.2) is 4.39 Å². The molecule has 0 unspecified atom stereocenters. The van der Waals surface area contributed by atoms with Crippen LogP contribution in [0.1, 0.15) is 13.3 Å². The van der Waals surface area contributed by atoms with E-state index in [2.05, 4.69) is 11.8 Å². The SMILES string of the molecule is [CH2-][C@]1(C)CN(C)CC/C1=C\F.[No]. The molecule has 0 aliphatic carbocycles. The summed E-state index contributed by atoms with van der Waals surface area (Å²) in [5.41, 5.74) is 0.623. The monoisotopic (exact) mass is 415 g/mol. The van der Waals surface area contributed by atoms with Gasteiger partial charge in [0.1, 0.15) is 0 Å². The third-order valence-corrected chi connectivity index (χ3v) is 2.29. The molecule has 78 valence electrons. The molecule has 1 aliphatic heterocycles. The molecule has 1 saturated heterocycles. The van der Waals surface area contributed by atoms with Crippen molar-refractivity contribution >= 4 is 0 Å². The zero-order chi connectivity index (χ0) is 8.48. The molecule has 1 rings (SSSR count). The number of rotatable bonds is 0. The fourth-order valence-electron chi connectivity index (χ4n) is 1.58. The molecular formula is C9H15FNNo-. The molecule has 1 nitrogen and oxygen atoms in total. The van der Waals surface area contributed by atoms with Crippen molar-refractivity contribution in [1.82, 2.24) is 4.90 Å². The van der Waals surface area contributed by atoms with E-state index in [1.165, 1.54) is 0 Å². The zero-order valence-electron chi connectivity index (χ0n) is 7.50. The van der Waals surface area contributed by atoms with Gasteiger partial charge in [-0.1, -0.05) is 12.5 Å². The molecule has 1 atom stereocenters. The Morgan fingerprint density at radius 3 is 2.67 bits per heavy atom. The minimum atomic E-state index is -0.220. The summed E-state index contributed by atoms with van der Waals surface area (Å²) in [4.78, 5) is 2.18. The van der Waals surface area contributed by atoms with Crippen LogP contribution in [-0.2, 0) is 0 Å². The summed E-state index contributed by atoms with van der Waals surface area (Å²) in [6, 6.07) is 0. The van der Waals surface area contributed by atoms with Gasteiger partial charge in [0.25, 0.3) is 0 Å². The Morgan fingerprint density at radius 1 is 1.67 bits per heavy atom. The van der Waals surface area contributed by atoms with Gasteiger partial charge >= 0.3 is 0 Å². The molecule has 0 aromatic carbocycles. The minimum Gasteiger partial charge on any atom is -0.332 e. The van der Waals surface area contributed by atoms with E-state index in [0.717, 1.165) is 31.4 Å². The predicted octanol–water partition coefficient (Wildman–Crippen LogP) is 2.02. The summed E-state index contributed by atoms with van der Waals surface area (Å²) in [6.45, 7) is 7.76. The van der Waals surface area contributed by atoms with Crippen LogP contribution in [-0.4, -0.2) is 25.0 Å². The maximum atomic E-state index is 12.3. The summed E-state index contributed by atoms with van der Waals surface area (Å²) in [5, 5.41) is 0. The third kappa shape index (κ3) is 1.82. The second kappa shape index (κ2) is 3.35. The molecule has 0 N–H and O–H groups in total. The Balaban J connectivity index is 0.00000121. The average Bonchev–Trinajstić information content (AvgIpc) is 1.85. The van der Waals surface area contributed by atoms with Crippen molar-refractivity contribution in [3.8, 4) is 0 Å². The molecule has 0 aromatic heterocycles. The van der Waals surface area contributed by atoms with Crippen LogP contribution in [0.25, 0.3) is 0 Å². The second-order valence-corrected chi connectivity index (χ2v) is 3.68. The van der Waals surface area contributed by atoms with E-state index in [1.807, 2.05) is 14.0 Å². The smallest absolute Gasteiger partial charge is 0.0839 e. The second-order valence-electron chi connectivity index (χ2n) is 3.68. The fourth-order valence-corrected chi connectivity index (χ4v) is 1.58. The molecule has 3 heteroatoms. The van der Waals surface area contributed by atoms with Crippen LogP contribution in [0.3, 0.4) is 0 Å². The number of piperidine rings is 1. The summed E-state index contributed by atoms with van der Waals surface area (Å²) in [7, 11) is 2.04. The summed E-state index contributed by atoms with van der Waals surface area (Å²) < 4.78 is 12.3. The van der Waals surface area contributed by atoms with E-state index in [0.29, 0.717) is 0 Å². The largest absolute Gasteiger partial charge is 0.332 e. The van der Waals surface area contributed by atoms with Crippen molar-refractivity contribution in [3.05, 3.63) is 18.8 Å². The molecule has 12 heavy (non-hydrogen) atoms. The molecule has 0 spiro atoms. The standard InChI is InChI=1S/C9H15FN.No/c1-9(2)7-11(3)5-4-8(9)6-10;/h6H,1,4-5,7H2,2-3H3;/q-1;/b8-6+;/t9-;/m0./s1. The van der Waals surface area contributed by atoms with Crippen molar-refractivity contribution < 1.29 is 4.39 Å². The first-order valence-electron chi connectivity index (χ1n) is 3.90. The first-order valence-corrected chi connectivity index (χ1v) is 3.90. The number of nitrogens with zero attached hydrogens (tertiary/aromatic N) is 1.